The molecular formula is C16H21N3O2. The van der Waals surface area contributed by atoms with Crippen LogP contribution in [0.25, 0.3) is 0 Å². The van der Waals surface area contributed by atoms with Crippen LogP contribution in [0.4, 0.5) is 5.95 Å². The van der Waals surface area contributed by atoms with E-state index in [4.69, 9.17) is 9.26 Å². The second-order valence-electron chi connectivity index (χ2n) is 5.81. The number of hydrogen-bond donors (Lipinski definition) is 1. The molecule has 1 aliphatic rings. The summed E-state index contributed by atoms with van der Waals surface area (Å²) in [5.41, 5.74) is 1.28. The highest BCUT2D eigenvalue weighted by molar-refractivity contribution is 5.34. The van der Waals surface area contributed by atoms with Crippen molar-refractivity contribution in [1.82, 2.24) is 10.1 Å². The normalized spacial score (nSPS) is 18.0. The maximum Gasteiger partial charge on any atom is 0.263 e. The van der Waals surface area contributed by atoms with Gasteiger partial charge >= 0.3 is 0 Å². The van der Waals surface area contributed by atoms with Crippen molar-refractivity contribution in [3.05, 3.63) is 35.7 Å². The monoisotopic (exact) mass is 287 g/mol. The van der Waals surface area contributed by atoms with E-state index >= 15 is 0 Å². The third-order valence-electron chi connectivity index (χ3n) is 3.75. The fourth-order valence-electron chi connectivity index (χ4n) is 2.51. The van der Waals surface area contributed by atoms with Gasteiger partial charge < -0.3 is 14.6 Å². The summed E-state index contributed by atoms with van der Waals surface area (Å²) in [5, 5.41) is 7.24. The predicted octanol–water partition coefficient (Wildman–Crippen LogP) is 3.25. The molecule has 2 aromatic rings. The van der Waals surface area contributed by atoms with Crippen LogP contribution in [-0.2, 0) is 6.42 Å². The van der Waals surface area contributed by atoms with E-state index in [2.05, 4.69) is 27.6 Å². The Bertz CT molecular complexity index is 595. The number of benzene rings is 1. The average molecular weight is 287 g/mol. The zero-order chi connectivity index (χ0) is 14.7. The van der Waals surface area contributed by atoms with Gasteiger partial charge in [0.1, 0.15) is 5.75 Å². The Morgan fingerprint density at radius 1 is 1.33 bits per heavy atom. The second kappa shape index (κ2) is 6.16. The third kappa shape index (κ3) is 3.35. The summed E-state index contributed by atoms with van der Waals surface area (Å²) in [6.45, 7) is 5.66. The minimum Gasteiger partial charge on any atom is -0.493 e. The van der Waals surface area contributed by atoms with E-state index in [1.807, 2.05) is 26.0 Å². The predicted molar refractivity (Wildman–Crippen MR) is 80.6 cm³/mol. The number of nitrogens with one attached hydrogen (secondary N) is 1. The number of aromatic nitrogens is 2. The molecule has 0 spiro atoms. The van der Waals surface area contributed by atoms with Crippen LogP contribution in [0.2, 0.25) is 0 Å². The van der Waals surface area contributed by atoms with E-state index in [1.54, 1.807) is 0 Å². The van der Waals surface area contributed by atoms with Gasteiger partial charge in [0.15, 0.2) is 0 Å². The van der Waals surface area contributed by atoms with E-state index in [-0.39, 0.29) is 5.92 Å². The van der Waals surface area contributed by atoms with Gasteiger partial charge in [-0.05, 0) is 35.5 Å². The highest BCUT2D eigenvalue weighted by atomic mass is 16.5. The Morgan fingerprint density at radius 3 is 3.00 bits per heavy atom. The fraction of sp³-hybridized carbons (Fsp3) is 0.500. The lowest BCUT2D eigenvalue weighted by atomic mass is 9.97. The molecule has 112 valence electrons. The zero-order valence-corrected chi connectivity index (χ0v) is 12.5. The lowest BCUT2D eigenvalue weighted by Gasteiger charge is -2.13. The van der Waals surface area contributed by atoms with E-state index in [0.717, 1.165) is 31.7 Å². The number of nitrogens with zero attached hydrogens (tertiary/aromatic N) is 2. The average Bonchev–Trinajstić information content (AvgIpc) is 2.86. The molecule has 0 amide bonds. The first kappa shape index (κ1) is 13.9. The summed E-state index contributed by atoms with van der Waals surface area (Å²) < 4.78 is 11.0. The molecule has 1 atom stereocenters. The molecule has 0 bridgehead atoms. The summed E-state index contributed by atoms with van der Waals surface area (Å²) >= 11 is 0. The van der Waals surface area contributed by atoms with Crippen molar-refractivity contribution in [1.29, 1.82) is 0 Å². The Kier molecular flexibility index (Phi) is 4.08. The van der Waals surface area contributed by atoms with Crippen LogP contribution in [0, 0.1) is 5.92 Å². The third-order valence-corrected chi connectivity index (χ3v) is 3.75. The lowest BCUT2D eigenvalue weighted by molar-refractivity contribution is 0.298. The van der Waals surface area contributed by atoms with Crippen LogP contribution in [0.5, 0.6) is 5.75 Å². The van der Waals surface area contributed by atoms with Gasteiger partial charge in [-0.2, -0.15) is 4.98 Å². The highest BCUT2D eigenvalue weighted by Gasteiger charge is 2.18. The lowest BCUT2D eigenvalue weighted by Crippen LogP contribution is -2.18. The molecule has 5 nitrogen and oxygen atoms in total. The van der Waals surface area contributed by atoms with Gasteiger partial charge in [-0.3, -0.25) is 0 Å². The van der Waals surface area contributed by atoms with Crippen molar-refractivity contribution >= 4 is 5.95 Å². The molecule has 1 aromatic carbocycles. The van der Waals surface area contributed by atoms with Gasteiger partial charge in [-0.15, -0.1) is 0 Å². The van der Waals surface area contributed by atoms with Gasteiger partial charge in [-0.25, -0.2) is 0 Å². The molecule has 5 heteroatoms. The first-order valence-corrected chi connectivity index (χ1v) is 7.50. The van der Waals surface area contributed by atoms with Crippen LogP contribution in [0.15, 0.2) is 28.8 Å². The Labute approximate surface area is 124 Å². The van der Waals surface area contributed by atoms with Crippen molar-refractivity contribution in [2.24, 2.45) is 5.92 Å². The standard InChI is InChI=1S/C16H21N3O2/c1-11(2)15-18-16(19-21-15)17-10-12-7-8-20-14-6-4-3-5-13(14)9-12/h3-6,11-12H,7-10H2,1-2H3,(H,17,19)/t12-/m1/s1. The number of ether oxygens (including phenoxy) is 1. The van der Waals surface area contributed by atoms with Crippen LogP contribution in [0.1, 0.15) is 37.6 Å². The Morgan fingerprint density at radius 2 is 2.19 bits per heavy atom. The molecule has 21 heavy (non-hydrogen) atoms. The molecule has 1 aromatic heterocycles. The molecular weight excluding hydrogens is 266 g/mol. The first-order valence-electron chi connectivity index (χ1n) is 7.50. The largest absolute Gasteiger partial charge is 0.493 e. The zero-order valence-electron chi connectivity index (χ0n) is 12.5. The number of fused-ring (bicyclic) bond motifs is 1. The Hall–Kier alpha value is -2.04. The molecule has 1 N–H and O–H groups in total. The van der Waals surface area contributed by atoms with E-state index < -0.39 is 0 Å². The molecule has 1 aliphatic heterocycles. The van der Waals surface area contributed by atoms with Crippen molar-refractivity contribution in [2.45, 2.75) is 32.6 Å². The summed E-state index contributed by atoms with van der Waals surface area (Å²) in [7, 11) is 0. The summed E-state index contributed by atoms with van der Waals surface area (Å²) in [6, 6.07) is 8.26. The summed E-state index contributed by atoms with van der Waals surface area (Å²) in [6.07, 6.45) is 2.04. The maximum atomic E-state index is 5.79. The molecule has 0 saturated heterocycles. The van der Waals surface area contributed by atoms with Crippen molar-refractivity contribution in [2.75, 3.05) is 18.5 Å². The molecule has 3 rings (SSSR count). The van der Waals surface area contributed by atoms with Gasteiger partial charge in [0, 0.05) is 12.5 Å². The van der Waals surface area contributed by atoms with E-state index in [0.29, 0.717) is 17.8 Å². The fourth-order valence-corrected chi connectivity index (χ4v) is 2.51. The van der Waals surface area contributed by atoms with Gasteiger partial charge in [-0.1, -0.05) is 32.0 Å². The van der Waals surface area contributed by atoms with Gasteiger partial charge in [0.25, 0.3) is 5.95 Å². The highest BCUT2D eigenvalue weighted by Crippen LogP contribution is 2.26. The molecule has 0 aliphatic carbocycles. The SMILES string of the molecule is CC(C)c1nc(NC[C@@H]2CCOc3ccccc3C2)no1. The first-order chi connectivity index (χ1) is 10.2. The van der Waals surface area contributed by atoms with Crippen molar-refractivity contribution < 1.29 is 9.26 Å². The number of anilines is 1. The Balaban J connectivity index is 1.60. The smallest absolute Gasteiger partial charge is 0.263 e. The van der Waals surface area contributed by atoms with Gasteiger partial charge in [0.05, 0.1) is 6.61 Å². The van der Waals surface area contributed by atoms with Crippen LogP contribution < -0.4 is 10.1 Å². The quantitative estimate of drug-likeness (QED) is 0.935. The molecule has 2 heterocycles. The molecule has 0 unspecified atom stereocenters. The van der Waals surface area contributed by atoms with Crippen LogP contribution in [0.3, 0.4) is 0 Å². The number of para-hydroxylation sites is 1. The number of hydrogen-bond acceptors (Lipinski definition) is 5. The van der Waals surface area contributed by atoms with Crippen molar-refractivity contribution in [3.8, 4) is 5.75 Å². The van der Waals surface area contributed by atoms with E-state index in [9.17, 15) is 0 Å². The summed E-state index contributed by atoms with van der Waals surface area (Å²) in [5.74, 6) is 3.03. The summed E-state index contributed by atoms with van der Waals surface area (Å²) in [4.78, 5) is 4.34. The molecule has 0 fully saturated rings. The molecule has 0 saturated carbocycles. The number of rotatable bonds is 4. The topological polar surface area (TPSA) is 60.2 Å². The minimum absolute atomic E-state index is 0.256. The van der Waals surface area contributed by atoms with Gasteiger partial charge in [0.2, 0.25) is 5.89 Å². The maximum absolute atomic E-state index is 5.79. The molecule has 0 radical (unpaired) electrons. The van der Waals surface area contributed by atoms with Crippen LogP contribution in [-0.4, -0.2) is 23.3 Å². The second-order valence-corrected chi connectivity index (χ2v) is 5.81. The minimum atomic E-state index is 0.256. The van der Waals surface area contributed by atoms with E-state index in [1.165, 1.54) is 5.56 Å². The van der Waals surface area contributed by atoms with Crippen LogP contribution >= 0.6 is 0 Å². The van der Waals surface area contributed by atoms with Crippen molar-refractivity contribution in [3.63, 3.8) is 0 Å².